The summed E-state index contributed by atoms with van der Waals surface area (Å²) in [4.78, 5) is 4.66. The van der Waals surface area contributed by atoms with Crippen molar-refractivity contribution in [1.29, 1.82) is 0 Å². The van der Waals surface area contributed by atoms with E-state index in [1.54, 1.807) is 0 Å². The number of anilines is 1. The Morgan fingerprint density at radius 3 is 2.58 bits per heavy atom. The van der Waals surface area contributed by atoms with Crippen molar-refractivity contribution < 1.29 is 0 Å². The molecule has 2 atom stereocenters. The van der Waals surface area contributed by atoms with Crippen LogP contribution in [0.2, 0.25) is 5.02 Å². The predicted molar refractivity (Wildman–Crippen MR) is 98.2 cm³/mol. The van der Waals surface area contributed by atoms with Crippen LogP contribution < -0.4 is 10.6 Å². The van der Waals surface area contributed by atoms with Crippen molar-refractivity contribution >= 4 is 17.3 Å². The molecule has 1 aliphatic heterocycles. The van der Waals surface area contributed by atoms with Crippen molar-refractivity contribution in [3.63, 3.8) is 0 Å². The van der Waals surface area contributed by atoms with Crippen molar-refractivity contribution in [3.8, 4) is 0 Å². The summed E-state index contributed by atoms with van der Waals surface area (Å²) in [6.45, 7) is 2.01. The topological polar surface area (TPSA) is 37.0 Å². The van der Waals surface area contributed by atoms with Gasteiger partial charge in [0, 0.05) is 16.4 Å². The third-order valence-electron chi connectivity index (χ3n) is 4.30. The SMILES string of the molecule is Cc1cccc([C@H]2Nc3ccc(Cl)cc3[C@H](c3ccccc3)N2)n1. The van der Waals surface area contributed by atoms with E-state index in [4.69, 9.17) is 11.6 Å². The number of hydrogen-bond donors (Lipinski definition) is 2. The predicted octanol–water partition coefficient (Wildman–Crippen LogP) is 4.85. The van der Waals surface area contributed by atoms with Gasteiger partial charge in [-0.1, -0.05) is 48.0 Å². The van der Waals surface area contributed by atoms with Crippen molar-refractivity contribution in [2.45, 2.75) is 19.1 Å². The molecule has 1 aromatic heterocycles. The quantitative estimate of drug-likeness (QED) is 0.703. The Hall–Kier alpha value is -2.36. The van der Waals surface area contributed by atoms with Gasteiger partial charge >= 0.3 is 0 Å². The molecular weight excluding hydrogens is 318 g/mol. The normalized spacial score (nSPS) is 19.4. The Morgan fingerprint density at radius 2 is 1.79 bits per heavy atom. The molecule has 3 aromatic rings. The minimum atomic E-state index is -0.0521. The maximum atomic E-state index is 6.24. The Bertz CT molecular complexity index is 864. The van der Waals surface area contributed by atoms with Crippen LogP contribution in [0.4, 0.5) is 5.69 Å². The molecule has 120 valence electrons. The van der Waals surface area contributed by atoms with Gasteiger partial charge in [0.2, 0.25) is 0 Å². The number of aryl methyl sites for hydroxylation is 1. The smallest absolute Gasteiger partial charge is 0.121 e. The maximum absolute atomic E-state index is 6.24. The minimum absolute atomic E-state index is 0.0521. The fourth-order valence-electron chi connectivity index (χ4n) is 3.16. The Kier molecular flexibility index (Phi) is 3.97. The molecule has 0 bridgehead atoms. The molecule has 4 rings (SSSR count). The van der Waals surface area contributed by atoms with E-state index < -0.39 is 0 Å². The summed E-state index contributed by atoms with van der Waals surface area (Å²) in [6, 6.07) is 22.5. The van der Waals surface area contributed by atoms with Crippen LogP contribution in [0, 0.1) is 6.92 Å². The monoisotopic (exact) mass is 335 g/mol. The van der Waals surface area contributed by atoms with E-state index in [-0.39, 0.29) is 12.2 Å². The first-order valence-electron chi connectivity index (χ1n) is 8.01. The highest BCUT2D eigenvalue weighted by atomic mass is 35.5. The first-order valence-corrected chi connectivity index (χ1v) is 8.39. The standard InChI is InChI=1S/C20H18ClN3/c1-13-6-5-9-18(22-13)20-23-17-11-10-15(21)12-16(17)19(24-20)14-7-3-2-4-8-14/h2-12,19-20,23-24H,1H3/t19-,20-/m0/s1. The number of nitrogens with one attached hydrogen (secondary N) is 2. The lowest BCUT2D eigenvalue weighted by atomic mass is 9.94. The zero-order chi connectivity index (χ0) is 16.5. The Labute approximate surface area is 146 Å². The van der Waals surface area contributed by atoms with Crippen LogP contribution in [0.1, 0.15) is 34.7 Å². The molecule has 2 aromatic carbocycles. The van der Waals surface area contributed by atoms with Gasteiger partial charge in [-0.3, -0.25) is 10.3 Å². The molecule has 24 heavy (non-hydrogen) atoms. The van der Waals surface area contributed by atoms with Crippen molar-refractivity contribution in [1.82, 2.24) is 10.3 Å². The van der Waals surface area contributed by atoms with E-state index in [0.29, 0.717) is 0 Å². The molecule has 2 heterocycles. The van der Waals surface area contributed by atoms with Gasteiger partial charge in [-0.15, -0.1) is 0 Å². The summed E-state index contributed by atoms with van der Waals surface area (Å²) in [6.07, 6.45) is -0.0521. The molecule has 4 heteroatoms. The fraction of sp³-hybridized carbons (Fsp3) is 0.150. The molecular formula is C20H18ClN3. The third kappa shape index (κ3) is 2.88. The molecule has 3 nitrogen and oxygen atoms in total. The first kappa shape index (κ1) is 15.2. The molecule has 0 saturated heterocycles. The lowest BCUT2D eigenvalue weighted by Gasteiger charge is -2.35. The van der Waals surface area contributed by atoms with Gasteiger partial charge < -0.3 is 5.32 Å². The maximum Gasteiger partial charge on any atom is 0.121 e. The van der Waals surface area contributed by atoms with Crippen molar-refractivity contribution in [2.75, 3.05) is 5.32 Å². The van der Waals surface area contributed by atoms with Gasteiger partial charge in [0.15, 0.2) is 0 Å². The van der Waals surface area contributed by atoms with Crippen LogP contribution in [-0.4, -0.2) is 4.98 Å². The lowest BCUT2D eigenvalue weighted by molar-refractivity contribution is 0.497. The largest absolute Gasteiger partial charge is 0.364 e. The highest BCUT2D eigenvalue weighted by Crippen LogP contribution is 2.37. The number of hydrogen-bond acceptors (Lipinski definition) is 3. The fourth-order valence-corrected chi connectivity index (χ4v) is 3.34. The van der Waals surface area contributed by atoms with Crippen LogP contribution in [-0.2, 0) is 0 Å². The summed E-state index contributed by atoms with van der Waals surface area (Å²) in [5, 5.41) is 7.94. The molecule has 0 fully saturated rings. The summed E-state index contributed by atoms with van der Waals surface area (Å²) in [7, 11) is 0. The molecule has 0 saturated carbocycles. The zero-order valence-corrected chi connectivity index (χ0v) is 14.1. The van der Waals surface area contributed by atoms with Crippen LogP contribution in [0.15, 0.2) is 66.7 Å². The Balaban J connectivity index is 1.79. The van der Waals surface area contributed by atoms with Crippen LogP contribution in [0.5, 0.6) is 0 Å². The molecule has 0 amide bonds. The first-order chi connectivity index (χ1) is 11.7. The van der Waals surface area contributed by atoms with Gasteiger partial charge in [-0.05, 0) is 48.4 Å². The van der Waals surface area contributed by atoms with E-state index in [1.165, 1.54) is 5.56 Å². The number of fused-ring (bicyclic) bond motifs is 1. The second-order valence-electron chi connectivity index (χ2n) is 6.02. The molecule has 0 aliphatic carbocycles. The average molecular weight is 336 g/mol. The van der Waals surface area contributed by atoms with E-state index in [1.807, 2.05) is 49.4 Å². The van der Waals surface area contributed by atoms with E-state index in [2.05, 4.69) is 39.9 Å². The molecule has 0 radical (unpaired) electrons. The zero-order valence-electron chi connectivity index (χ0n) is 13.3. The van der Waals surface area contributed by atoms with Gasteiger partial charge in [0.25, 0.3) is 0 Å². The minimum Gasteiger partial charge on any atom is -0.364 e. The molecule has 0 spiro atoms. The van der Waals surface area contributed by atoms with E-state index in [9.17, 15) is 0 Å². The molecule has 0 unspecified atom stereocenters. The van der Waals surface area contributed by atoms with E-state index in [0.717, 1.165) is 27.7 Å². The average Bonchev–Trinajstić information content (AvgIpc) is 2.61. The lowest BCUT2D eigenvalue weighted by Crippen LogP contribution is -2.37. The Morgan fingerprint density at radius 1 is 0.958 bits per heavy atom. The number of halogens is 1. The molecule has 2 N–H and O–H groups in total. The number of rotatable bonds is 2. The van der Waals surface area contributed by atoms with E-state index >= 15 is 0 Å². The summed E-state index contributed by atoms with van der Waals surface area (Å²) >= 11 is 6.24. The highest BCUT2D eigenvalue weighted by molar-refractivity contribution is 6.30. The van der Waals surface area contributed by atoms with Gasteiger partial charge in [0.05, 0.1) is 11.7 Å². The second-order valence-corrected chi connectivity index (χ2v) is 6.46. The number of aromatic nitrogens is 1. The summed E-state index contributed by atoms with van der Waals surface area (Å²) in [5.74, 6) is 0. The number of benzene rings is 2. The van der Waals surface area contributed by atoms with Crippen molar-refractivity contribution in [3.05, 3.63) is 94.3 Å². The molecule has 1 aliphatic rings. The summed E-state index contributed by atoms with van der Waals surface area (Å²) < 4.78 is 0. The van der Waals surface area contributed by atoms with Crippen molar-refractivity contribution in [2.24, 2.45) is 0 Å². The summed E-state index contributed by atoms with van der Waals surface area (Å²) in [5.41, 5.74) is 5.43. The van der Waals surface area contributed by atoms with Gasteiger partial charge in [-0.2, -0.15) is 0 Å². The second kappa shape index (κ2) is 6.27. The van der Waals surface area contributed by atoms with Crippen LogP contribution in [0.25, 0.3) is 0 Å². The van der Waals surface area contributed by atoms with Crippen LogP contribution in [0.3, 0.4) is 0 Å². The highest BCUT2D eigenvalue weighted by Gasteiger charge is 2.28. The van der Waals surface area contributed by atoms with Crippen LogP contribution >= 0.6 is 11.6 Å². The number of nitrogens with zero attached hydrogens (tertiary/aromatic N) is 1. The van der Waals surface area contributed by atoms with Gasteiger partial charge in [-0.25, -0.2) is 0 Å². The van der Waals surface area contributed by atoms with Gasteiger partial charge in [0.1, 0.15) is 6.17 Å². The third-order valence-corrected chi connectivity index (χ3v) is 4.53. The number of pyridine rings is 1.